The van der Waals surface area contributed by atoms with Gasteiger partial charge in [0.05, 0.1) is 0 Å². The van der Waals surface area contributed by atoms with Crippen LogP contribution < -0.4 is 26.8 Å². The molecule has 0 aliphatic carbocycles. The van der Waals surface area contributed by atoms with Crippen molar-refractivity contribution in [3.63, 3.8) is 0 Å². The van der Waals surface area contributed by atoms with Crippen LogP contribution in [0.25, 0.3) is 0 Å². The maximum absolute atomic E-state index is 6.33. The van der Waals surface area contributed by atoms with E-state index in [-0.39, 0.29) is 0 Å². The Morgan fingerprint density at radius 3 is 2.39 bits per heavy atom. The zero-order valence-electron chi connectivity index (χ0n) is 12.6. The molecule has 0 bridgehead atoms. The second-order valence-electron chi connectivity index (χ2n) is 5.20. The molecule has 1 aliphatic heterocycles. The molecule has 1 unspecified atom stereocenters. The molecule has 0 aromatic heterocycles. The molecule has 0 amide bonds. The van der Waals surface area contributed by atoms with Gasteiger partial charge in [0.15, 0.2) is 0 Å². The molecule has 2 aromatic rings. The number of nitrogens with two attached hydrogens (primary N) is 3. The molecule has 0 radical (unpaired) electrons. The Morgan fingerprint density at radius 2 is 1.70 bits per heavy atom. The number of benzene rings is 2. The molecule has 3 rings (SSSR count). The summed E-state index contributed by atoms with van der Waals surface area (Å²) in [5.41, 5.74) is 20.4. The normalized spacial score (nSPS) is 17.4. The molecule has 1 heterocycles. The summed E-state index contributed by atoms with van der Waals surface area (Å²) in [5, 5.41) is 0. The van der Waals surface area contributed by atoms with E-state index in [1.165, 1.54) is 0 Å². The van der Waals surface area contributed by atoms with Gasteiger partial charge in [-0.25, -0.2) is 4.99 Å². The molecule has 0 saturated heterocycles. The molecule has 0 fully saturated rings. The SMILES string of the molecule is NC1=NC=C(COc2ccc(N)cc2)C(N)N1c1ccccc1. The third kappa shape index (κ3) is 3.27. The number of guanidine groups is 1. The largest absolute Gasteiger partial charge is 0.489 e. The highest BCUT2D eigenvalue weighted by Crippen LogP contribution is 2.22. The highest BCUT2D eigenvalue weighted by Gasteiger charge is 2.25. The predicted octanol–water partition coefficient (Wildman–Crippen LogP) is 1.65. The molecule has 23 heavy (non-hydrogen) atoms. The molecule has 118 valence electrons. The molecule has 0 saturated carbocycles. The van der Waals surface area contributed by atoms with Crippen molar-refractivity contribution in [1.82, 2.24) is 0 Å². The summed E-state index contributed by atoms with van der Waals surface area (Å²) >= 11 is 0. The second kappa shape index (κ2) is 6.41. The quantitative estimate of drug-likeness (QED) is 0.745. The Labute approximate surface area is 134 Å². The van der Waals surface area contributed by atoms with Gasteiger partial charge in [0.1, 0.15) is 18.5 Å². The molecular weight excluding hydrogens is 290 g/mol. The Hall–Kier alpha value is -2.99. The van der Waals surface area contributed by atoms with Crippen LogP contribution in [0.4, 0.5) is 11.4 Å². The summed E-state index contributed by atoms with van der Waals surface area (Å²) in [4.78, 5) is 6.00. The van der Waals surface area contributed by atoms with Crippen molar-refractivity contribution >= 4 is 17.3 Å². The zero-order chi connectivity index (χ0) is 16.2. The molecule has 6 N–H and O–H groups in total. The van der Waals surface area contributed by atoms with Crippen LogP contribution in [-0.4, -0.2) is 18.7 Å². The van der Waals surface area contributed by atoms with E-state index in [9.17, 15) is 0 Å². The molecule has 6 heteroatoms. The number of rotatable bonds is 4. The first-order valence-corrected chi connectivity index (χ1v) is 7.25. The Kier molecular flexibility index (Phi) is 4.16. The van der Waals surface area contributed by atoms with Gasteiger partial charge in [-0.3, -0.25) is 4.90 Å². The van der Waals surface area contributed by atoms with Crippen molar-refractivity contribution in [1.29, 1.82) is 0 Å². The summed E-state index contributed by atoms with van der Waals surface area (Å²) in [6.45, 7) is 0.325. The number of nitrogens with zero attached hydrogens (tertiary/aromatic N) is 2. The zero-order valence-corrected chi connectivity index (χ0v) is 12.6. The number of para-hydroxylation sites is 1. The van der Waals surface area contributed by atoms with E-state index < -0.39 is 6.17 Å². The van der Waals surface area contributed by atoms with Crippen molar-refractivity contribution in [3.05, 3.63) is 66.4 Å². The van der Waals surface area contributed by atoms with Gasteiger partial charge in [0.2, 0.25) is 5.96 Å². The van der Waals surface area contributed by atoms with E-state index in [2.05, 4.69) is 4.99 Å². The van der Waals surface area contributed by atoms with Crippen molar-refractivity contribution in [3.8, 4) is 5.75 Å². The highest BCUT2D eigenvalue weighted by molar-refractivity contribution is 5.97. The van der Waals surface area contributed by atoms with Gasteiger partial charge < -0.3 is 21.9 Å². The van der Waals surface area contributed by atoms with Gasteiger partial charge >= 0.3 is 0 Å². The molecular formula is C17H19N5O. The van der Waals surface area contributed by atoms with Gasteiger partial charge in [-0.2, -0.15) is 0 Å². The van der Waals surface area contributed by atoms with Crippen LogP contribution in [-0.2, 0) is 0 Å². The van der Waals surface area contributed by atoms with Crippen molar-refractivity contribution < 1.29 is 4.74 Å². The average Bonchev–Trinajstić information content (AvgIpc) is 2.57. The van der Waals surface area contributed by atoms with E-state index in [4.69, 9.17) is 21.9 Å². The monoisotopic (exact) mass is 309 g/mol. The van der Waals surface area contributed by atoms with Crippen LogP contribution in [0.5, 0.6) is 5.75 Å². The fourth-order valence-corrected chi connectivity index (χ4v) is 2.33. The minimum atomic E-state index is -0.427. The third-order valence-electron chi connectivity index (χ3n) is 3.59. The average molecular weight is 309 g/mol. The van der Waals surface area contributed by atoms with E-state index >= 15 is 0 Å². The molecule has 1 atom stereocenters. The minimum absolute atomic E-state index is 0.325. The van der Waals surface area contributed by atoms with Crippen LogP contribution in [0.15, 0.2) is 71.4 Å². The van der Waals surface area contributed by atoms with Crippen LogP contribution in [0.3, 0.4) is 0 Å². The van der Waals surface area contributed by atoms with Crippen molar-refractivity contribution in [2.45, 2.75) is 6.17 Å². The lowest BCUT2D eigenvalue weighted by atomic mass is 10.1. The van der Waals surface area contributed by atoms with Crippen LogP contribution in [0.2, 0.25) is 0 Å². The van der Waals surface area contributed by atoms with Gasteiger partial charge in [-0.15, -0.1) is 0 Å². The van der Waals surface area contributed by atoms with Crippen LogP contribution in [0, 0.1) is 0 Å². The fraction of sp³-hybridized carbons (Fsp3) is 0.118. The molecule has 1 aliphatic rings. The minimum Gasteiger partial charge on any atom is -0.489 e. The highest BCUT2D eigenvalue weighted by atomic mass is 16.5. The summed E-state index contributed by atoms with van der Waals surface area (Å²) in [5.74, 6) is 1.08. The first-order chi connectivity index (χ1) is 11.1. The lowest BCUT2D eigenvalue weighted by Crippen LogP contribution is -2.53. The summed E-state index contributed by atoms with van der Waals surface area (Å²) in [6.07, 6.45) is 1.24. The second-order valence-corrected chi connectivity index (χ2v) is 5.20. The summed E-state index contributed by atoms with van der Waals surface area (Å²) < 4.78 is 5.75. The third-order valence-corrected chi connectivity index (χ3v) is 3.59. The topological polar surface area (TPSA) is 103 Å². The predicted molar refractivity (Wildman–Crippen MR) is 93.0 cm³/mol. The van der Waals surface area contributed by atoms with E-state index in [1.54, 1.807) is 23.2 Å². The number of hydrogen-bond acceptors (Lipinski definition) is 6. The first-order valence-electron chi connectivity index (χ1n) is 7.25. The van der Waals surface area contributed by atoms with Gasteiger partial charge in [-0.05, 0) is 36.4 Å². The Balaban J connectivity index is 1.74. The fourth-order valence-electron chi connectivity index (χ4n) is 2.33. The maximum atomic E-state index is 6.33. The number of anilines is 2. The summed E-state index contributed by atoms with van der Waals surface area (Å²) in [7, 11) is 0. The number of hydrogen-bond donors (Lipinski definition) is 3. The lowest BCUT2D eigenvalue weighted by Gasteiger charge is -2.33. The number of nitrogen functional groups attached to an aromatic ring is 1. The molecule has 6 nitrogen and oxygen atoms in total. The number of aliphatic imine (C=N–C) groups is 1. The first kappa shape index (κ1) is 14.9. The lowest BCUT2D eigenvalue weighted by molar-refractivity contribution is 0.342. The van der Waals surface area contributed by atoms with Crippen molar-refractivity contribution in [2.24, 2.45) is 16.5 Å². The Morgan fingerprint density at radius 1 is 1.00 bits per heavy atom. The van der Waals surface area contributed by atoms with Gasteiger partial charge in [0, 0.05) is 23.1 Å². The van der Waals surface area contributed by atoms with Crippen LogP contribution in [0.1, 0.15) is 0 Å². The Bertz CT molecular complexity index is 724. The summed E-state index contributed by atoms with van der Waals surface area (Å²) in [6, 6.07) is 16.9. The van der Waals surface area contributed by atoms with Gasteiger partial charge in [0.25, 0.3) is 0 Å². The van der Waals surface area contributed by atoms with Crippen LogP contribution >= 0.6 is 0 Å². The smallest absolute Gasteiger partial charge is 0.202 e. The molecule has 2 aromatic carbocycles. The maximum Gasteiger partial charge on any atom is 0.202 e. The van der Waals surface area contributed by atoms with Crippen molar-refractivity contribution in [2.75, 3.05) is 17.2 Å². The van der Waals surface area contributed by atoms with E-state index in [0.29, 0.717) is 18.3 Å². The standard InChI is InChI=1S/C17H19N5O/c18-13-6-8-15(9-7-13)23-11-12-10-21-17(20)22(16(12)19)14-4-2-1-3-5-14/h1-10,16H,11,18-19H2,(H2,20,21). The molecule has 0 spiro atoms. The number of ether oxygens (including phenoxy) is 1. The van der Waals surface area contributed by atoms with E-state index in [1.807, 2.05) is 42.5 Å². The van der Waals surface area contributed by atoms with E-state index in [0.717, 1.165) is 17.0 Å². The van der Waals surface area contributed by atoms with Gasteiger partial charge in [-0.1, -0.05) is 18.2 Å².